The Labute approximate surface area is 162 Å². The van der Waals surface area contributed by atoms with E-state index >= 15 is 0 Å². The van der Waals surface area contributed by atoms with E-state index in [9.17, 15) is 4.79 Å². The number of carbonyl (C=O) groups excluding carboxylic acids is 1. The third kappa shape index (κ3) is 4.28. The molecule has 1 amide bonds. The molecule has 1 fully saturated rings. The van der Waals surface area contributed by atoms with E-state index in [-0.39, 0.29) is 12.0 Å². The quantitative estimate of drug-likeness (QED) is 0.699. The molecule has 1 N–H and O–H groups in total. The molecular formula is C21H22N2O3S. The lowest BCUT2D eigenvalue weighted by Crippen LogP contribution is -2.40. The van der Waals surface area contributed by atoms with Crippen molar-refractivity contribution in [1.82, 2.24) is 10.3 Å². The van der Waals surface area contributed by atoms with E-state index in [0.717, 1.165) is 35.5 Å². The highest BCUT2D eigenvalue weighted by molar-refractivity contribution is 7.21. The van der Waals surface area contributed by atoms with Gasteiger partial charge in [-0.05, 0) is 56.2 Å². The Morgan fingerprint density at radius 1 is 1.30 bits per heavy atom. The molecule has 1 saturated heterocycles. The third-order valence-electron chi connectivity index (χ3n) is 4.61. The maximum Gasteiger partial charge on any atom is 0.260 e. The standard InChI is InChI=1S/C21H22N2O3S/c1-14(20(24)22-13-17-5-4-12-25-17)26-16-10-8-15(9-11-16)21-23-18-6-2-3-7-19(18)27-21/h2-3,6-11,14,17H,4-5,12-13H2,1H3,(H,22,24)/t14-,17-/m0/s1. The van der Waals surface area contributed by atoms with Crippen LogP contribution in [0.1, 0.15) is 19.8 Å². The highest BCUT2D eigenvalue weighted by Crippen LogP contribution is 2.31. The van der Waals surface area contributed by atoms with E-state index < -0.39 is 6.10 Å². The number of para-hydroxylation sites is 1. The zero-order valence-corrected chi connectivity index (χ0v) is 16.0. The van der Waals surface area contributed by atoms with Gasteiger partial charge in [-0.1, -0.05) is 12.1 Å². The van der Waals surface area contributed by atoms with Crippen LogP contribution in [0.25, 0.3) is 20.8 Å². The van der Waals surface area contributed by atoms with Gasteiger partial charge < -0.3 is 14.8 Å². The second kappa shape index (κ2) is 8.06. The van der Waals surface area contributed by atoms with Gasteiger partial charge in [0, 0.05) is 18.7 Å². The monoisotopic (exact) mass is 382 g/mol. The molecule has 3 aromatic rings. The molecule has 0 aliphatic carbocycles. The van der Waals surface area contributed by atoms with Crippen molar-refractivity contribution in [3.05, 3.63) is 48.5 Å². The van der Waals surface area contributed by atoms with Crippen molar-refractivity contribution >= 4 is 27.5 Å². The first-order valence-corrected chi connectivity index (χ1v) is 10.0. The molecule has 6 heteroatoms. The fraction of sp³-hybridized carbons (Fsp3) is 0.333. The average Bonchev–Trinajstić information content (AvgIpc) is 3.36. The first kappa shape index (κ1) is 17.9. The molecule has 1 aliphatic heterocycles. The Balaban J connectivity index is 1.36. The molecule has 2 aromatic carbocycles. The molecule has 0 unspecified atom stereocenters. The fourth-order valence-corrected chi connectivity index (χ4v) is 4.06. The summed E-state index contributed by atoms with van der Waals surface area (Å²) in [5, 5.41) is 3.88. The molecule has 4 rings (SSSR count). The van der Waals surface area contributed by atoms with Crippen molar-refractivity contribution < 1.29 is 14.3 Å². The van der Waals surface area contributed by atoms with Crippen molar-refractivity contribution in [3.8, 4) is 16.3 Å². The molecule has 0 saturated carbocycles. The molecule has 0 radical (unpaired) electrons. The predicted molar refractivity (Wildman–Crippen MR) is 107 cm³/mol. The molecular weight excluding hydrogens is 360 g/mol. The first-order valence-electron chi connectivity index (χ1n) is 9.21. The van der Waals surface area contributed by atoms with Crippen LogP contribution < -0.4 is 10.1 Å². The van der Waals surface area contributed by atoms with E-state index in [4.69, 9.17) is 9.47 Å². The minimum absolute atomic E-state index is 0.124. The molecule has 0 spiro atoms. The zero-order valence-electron chi connectivity index (χ0n) is 15.2. The highest BCUT2D eigenvalue weighted by atomic mass is 32.1. The van der Waals surface area contributed by atoms with Crippen LogP contribution in [0, 0.1) is 0 Å². The van der Waals surface area contributed by atoms with Crippen LogP contribution in [0.15, 0.2) is 48.5 Å². The van der Waals surface area contributed by atoms with Gasteiger partial charge in [-0.15, -0.1) is 11.3 Å². The second-order valence-corrected chi connectivity index (χ2v) is 7.68. The van der Waals surface area contributed by atoms with Crippen LogP contribution in [0.5, 0.6) is 5.75 Å². The van der Waals surface area contributed by atoms with Crippen molar-refractivity contribution in [1.29, 1.82) is 0 Å². The predicted octanol–water partition coefficient (Wildman–Crippen LogP) is 4.03. The third-order valence-corrected chi connectivity index (χ3v) is 5.69. The number of ether oxygens (including phenoxy) is 2. The molecule has 140 valence electrons. The Bertz CT molecular complexity index is 884. The fourth-order valence-electron chi connectivity index (χ4n) is 3.09. The van der Waals surface area contributed by atoms with E-state index in [1.165, 1.54) is 4.70 Å². The number of fused-ring (bicyclic) bond motifs is 1. The van der Waals surface area contributed by atoms with Crippen LogP contribution in [0.4, 0.5) is 0 Å². The topological polar surface area (TPSA) is 60.5 Å². The van der Waals surface area contributed by atoms with E-state index in [1.54, 1.807) is 18.3 Å². The Morgan fingerprint density at radius 2 is 2.11 bits per heavy atom. The summed E-state index contributed by atoms with van der Waals surface area (Å²) in [5.41, 5.74) is 2.05. The number of amides is 1. The smallest absolute Gasteiger partial charge is 0.260 e. The SMILES string of the molecule is C[C@H](Oc1ccc(-c2nc3ccccc3s2)cc1)C(=O)NC[C@@H]1CCCO1. The number of nitrogens with zero attached hydrogens (tertiary/aromatic N) is 1. The Kier molecular flexibility index (Phi) is 5.36. The summed E-state index contributed by atoms with van der Waals surface area (Å²) in [6.07, 6.45) is 1.64. The molecule has 1 aromatic heterocycles. The summed E-state index contributed by atoms with van der Waals surface area (Å²) in [4.78, 5) is 16.9. The Hall–Kier alpha value is -2.44. The number of aromatic nitrogens is 1. The molecule has 0 bridgehead atoms. The number of thiazole rings is 1. The first-order chi connectivity index (χ1) is 13.2. The second-order valence-electron chi connectivity index (χ2n) is 6.65. The Morgan fingerprint density at radius 3 is 2.85 bits per heavy atom. The van der Waals surface area contributed by atoms with E-state index in [1.807, 2.05) is 42.5 Å². The van der Waals surface area contributed by atoms with Crippen LogP contribution in [0.3, 0.4) is 0 Å². The number of hydrogen-bond acceptors (Lipinski definition) is 5. The van der Waals surface area contributed by atoms with Gasteiger partial charge in [-0.3, -0.25) is 4.79 Å². The van der Waals surface area contributed by atoms with Crippen molar-refractivity contribution in [2.75, 3.05) is 13.2 Å². The van der Waals surface area contributed by atoms with Crippen LogP contribution in [-0.2, 0) is 9.53 Å². The molecule has 2 heterocycles. The minimum Gasteiger partial charge on any atom is -0.481 e. The van der Waals surface area contributed by atoms with Crippen molar-refractivity contribution in [3.63, 3.8) is 0 Å². The van der Waals surface area contributed by atoms with Gasteiger partial charge in [-0.2, -0.15) is 0 Å². The maximum absolute atomic E-state index is 12.2. The van der Waals surface area contributed by atoms with Gasteiger partial charge in [0.05, 0.1) is 16.3 Å². The van der Waals surface area contributed by atoms with Gasteiger partial charge in [0.25, 0.3) is 5.91 Å². The van der Waals surface area contributed by atoms with Crippen molar-refractivity contribution in [2.24, 2.45) is 0 Å². The van der Waals surface area contributed by atoms with E-state index in [2.05, 4.69) is 16.4 Å². The van der Waals surface area contributed by atoms with Gasteiger partial charge in [0.2, 0.25) is 0 Å². The highest BCUT2D eigenvalue weighted by Gasteiger charge is 2.19. The minimum atomic E-state index is -0.556. The number of nitrogens with one attached hydrogen (secondary N) is 1. The van der Waals surface area contributed by atoms with Gasteiger partial charge in [-0.25, -0.2) is 4.98 Å². The van der Waals surface area contributed by atoms with Crippen LogP contribution in [0.2, 0.25) is 0 Å². The molecule has 27 heavy (non-hydrogen) atoms. The van der Waals surface area contributed by atoms with Crippen molar-refractivity contribution in [2.45, 2.75) is 32.0 Å². The summed E-state index contributed by atoms with van der Waals surface area (Å²) in [6.45, 7) is 3.09. The van der Waals surface area contributed by atoms with Crippen LogP contribution >= 0.6 is 11.3 Å². The zero-order chi connectivity index (χ0) is 18.6. The lowest BCUT2D eigenvalue weighted by atomic mass is 10.2. The van der Waals surface area contributed by atoms with Crippen LogP contribution in [-0.4, -0.2) is 36.3 Å². The molecule has 2 atom stereocenters. The number of rotatable bonds is 6. The normalized spacial score (nSPS) is 17.7. The largest absolute Gasteiger partial charge is 0.481 e. The number of hydrogen-bond donors (Lipinski definition) is 1. The van der Waals surface area contributed by atoms with Gasteiger partial charge >= 0.3 is 0 Å². The maximum atomic E-state index is 12.2. The lowest BCUT2D eigenvalue weighted by Gasteiger charge is -2.16. The summed E-state index contributed by atoms with van der Waals surface area (Å²) in [7, 11) is 0. The average molecular weight is 382 g/mol. The molecule has 1 aliphatic rings. The van der Waals surface area contributed by atoms with Gasteiger partial charge in [0.1, 0.15) is 10.8 Å². The summed E-state index contributed by atoms with van der Waals surface area (Å²) >= 11 is 1.67. The summed E-state index contributed by atoms with van der Waals surface area (Å²) in [6, 6.07) is 15.8. The number of carbonyl (C=O) groups is 1. The van der Waals surface area contributed by atoms with E-state index in [0.29, 0.717) is 12.3 Å². The molecule has 5 nitrogen and oxygen atoms in total. The summed E-state index contributed by atoms with van der Waals surface area (Å²) < 4.78 is 12.5. The number of benzene rings is 2. The lowest BCUT2D eigenvalue weighted by molar-refractivity contribution is -0.127. The van der Waals surface area contributed by atoms with Gasteiger partial charge in [0.15, 0.2) is 6.10 Å². The summed E-state index contributed by atoms with van der Waals surface area (Å²) in [5.74, 6) is 0.542.